The predicted octanol–water partition coefficient (Wildman–Crippen LogP) is 3.20. The Morgan fingerprint density at radius 1 is 1.11 bits per heavy atom. The van der Waals surface area contributed by atoms with E-state index in [0.717, 1.165) is 36.8 Å². The number of fused-ring (bicyclic) bond motifs is 1. The van der Waals surface area contributed by atoms with Gasteiger partial charge in [0.2, 0.25) is 10.0 Å². The molecule has 142 valence electrons. The van der Waals surface area contributed by atoms with Crippen LogP contribution in [0.4, 0.5) is 0 Å². The summed E-state index contributed by atoms with van der Waals surface area (Å²) in [5, 5.41) is 3.09. The number of amides is 1. The van der Waals surface area contributed by atoms with Crippen LogP contribution in [0.15, 0.2) is 47.4 Å². The molecule has 1 saturated heterocycles. The van der Waals surface area contributed by atoms with Crippen molar-refractivity contribution in [1.29, 1.82) is 0 Å². The third kappa shape index (κ3) is 3.39. The van der Waals surface area contributed by atoms with Gasteiger partial charge in [0, 0.05) is 18.7 Å². The number of nitrogens with one attached hydrogen (secondary N) is 1. The monoisotopic (exact) mass is 384 g/mol. The van der Waals surface area contributed by atoms with Crippen molar-refractivity contribution in [3.63, 3.8) is 0 Å². The van der Waals surface area contributed by atoms with Gasteiger partial charge in [-0.1, -0.05) is 30.3 Å². The van der Waals surface area contributed by atoms with Crippen molar-refractivity contribution in [3.05, 3.63) is 64.7 Å². The molecule has 0 aromatic heterocycles. The zero-order chi connectivity index (χ0) is 19.0. The van der Waals surface area contributed by atoms with Crippen LogP contribution in [-0.4, -0.2) is 31.7 Å². The normalized spacial score (nSPS) is 19.8. The van der Waals surface area contributed by atoms with Crippen LogP contribution in [0.25, 0.3) is 0 Å². The molecule has 1 aliphatic carbocycles. The van der Waals surface area contributed by atoms with Gasteiger partial charge in [0.15, 0.2) is 0 Å². The topological polar surface area (TPSA) is 66.5 Å². The lowest BCUT2D eigenvalue weighted by molar-refractivity contribution is 0.0936. The number of benzene rings is 2. The lowest BCUT2D eigenvalue weighted by Gasteiger charge is -2.18. The molecule has 1 N–H and O–H groups in total. The van der Waals surface area contributed by atoms with Crippen LogP contribution >= 0.6 is 0 Å². The maximum atomic E-state index is 12.9. The molecule has 1 atom stereocenters. The summed E-state index contributed by atoms with van der Waals surface area (Å²) in [6.07, 6.45) is 3.60. The van der Waals surface area contributed by atoms with Gasteiger partial charge >= 0.3 is 0 Å². The van der Waals surface area contributed by atoms with Gasteiger partial charge < -0.3 is 5.32 Å². The molecular formula is C21H24N2O3S. The molecular weight excluding hydrogens is 360 g/mol. The van der Waals surface area contributed by atoms with Crippen molar-refractivity contribution < 1.29 is 13.2 Å². The molecule has 27 heavy (non-hydrogen) atoms. The quantitative estimate of drug-likeness (QED) is 0.880. The van der Waals surface area contributed by atoms with Gasteiger partial charge in [0.25, 0.3) is 5.91 Å². The lowest BCUT2D eigenvalue weighted by atomic mass is 10.1. The Labute approximate surface area is 160 Å². The third-order valence-corrected chi connectivity index (χ3v) is 7.49. The minimum atomic E-state index is -3.53. The predicted molar refractivity (Wildman–Crippen MR) is 104 cm³/mol. The number of carbonyl (C=O) groups excluding carboxylic acids is 1. The van der Waals surface area contributed by atoms with Gasteiger partial charge in [-0.05, 0) is 61.4 Å². The summed E-state index contributed by atoms with van der Waals surface area (Å²) in [5.74, 6) is -0.215. The van der Waals surface area contributed by atoms with E-state index in [4.69, 9.17) is 0 Å². The minimum absolute atomic E-state index is 0.0213. The van der Waals surface area contributed by atoms with E-state index in [0.29, 0.717) is 18.7 Å². The standard InChI is InChI=1S/C21H24N2O3S/c1-15-8-10-17(27(25,26)23-12-4-5-13-23)14-19(15)21(24)22-20-11-9-16-6-2-3-7-18(16)20/h2-3,6-8,10,14,20H,4-5,9,11-13H2,1H3,(H,22,24)/t20-/m0/s1. The van der Waals surface area contributed by atoms with Crippen LogP contribution in [0.1, 0.15) is 52.4 Å². The summed E-state index contributed by atoms with van der Waals surface area (Å²) in [5.41, 5.74) is 3.63. The average molecular weight is 385 g/mol. The number of carbonyl (C=O) groups is 1. The fourth-order valence-electron chi connectivity index (χ4n) is 4.03. The average Bonchev–Trinajstić information content (AvgIpc) is 3.33. The zero-order valence-corrected chi connectivity index (χ0v) is 16.3. The van der Waals surface area contributed by atoms with E-state index in [1.54, 1.807) is 12.1 Å². The molecule has 2 aromatic rings. The summed E-state index contributed by atoms with van der Waals surface area (Å²) in [4.78, 5) is 13.1. The van der Waals surface area contributed by atoms with E-state index in [9.17, 15) is 13.2 Å². The molecule has 4 rings (SSSR count). The van der Waals surface area contributed by atoms with Crippen LogP contribution < -0.4 is 5.32 Å². The minimum Gasteiger partial charge on any atom is -0.345 e. The van der Waals surface area contributed by atoms with Gasteiger partial charge in [-0.2, -0.15) is 4.31 Å². The van der Waals surface area contributed by atoms with E-state index in [-0.39, 0.29) is 16.8 Å². The first kappa shape index (κ1) is 18.2. The van der Waals surface area contributed by atoms with Crippen molar-refractivity contribution in [3.8, 4) is 0 Å². The SMILES string of the molecule is Cc1ccc(S(=O)(=O)N2CCCC2)cc1C(=O)N[C@H]1CCc2ccccc21. The molecule has 0 unspecified atom stereocenters. The van der Waals surface area contributed by atoms with E-state index in [2.05, 4.69) is 11.4 Å². The largest absolute Gasteiger partial charge is 0.345 e. The van der Waals surface area contributed by atoms with E-state index >= 15 is 0 Å². The molecule has 0 radical (unpaired) electrons. The van der Waals surface area contributed by atoms with Gasteiger partial charge in [-0.25, -0.2) is 8.42 Å². The van der Waals surface area contributed by atoms with E-state index in [1.165, 1.54) is 15.9 Å². The summed E-state index contributed by atoms with van der Waals surface area (Å²) in [6, 6.07) is 13.0. The molecule has 5 nitrogen and oxygen atoms in total. The number of aryl methyl sites for hydroxylation is 2. The number of nitrogens with zero attached hydrogens (tertiary/aromatic N) is 1. The van der Waals surface area contributed by atoms with Gasteiger partial charge in [0.1, 0.15) is 0 Å². The highest BCUT2D eigenvalue weighted by atomic mass is 32.2. The van der Waals surface area contributed by atoms with Crippen LogP contribution in [0.5, 0.6) is 0 Å². The fourth-order valence-corrected chi connectivity index (χ4v) is 5.57. The van der Waals surface area contributed by atoms with Gasteiger partial charge in [0.05, 0.1) is 10.9 Å². The molecule has 0 saturated carbocycles. The van der Waals surface area contributed by atoms with Gasteiger partial charge in [-0.15, -0.1) is 0 Å². The summed E-state index contributed by atoms with van der Waals surface area (Å²) < 4.78 is 27.2. The lowest BCUT2D eigenvalue weighted by Crippen LogP contribution is -2.30. The zero-order valence-electron chi connectivity index (χ0n) is 15.4. The highest BCUT2D eigenvalue weighted by Crippen LogP contribution is 2.31. The molecule has 2 aliphatic rings. The van der Waals surface area contributed by atoms with Crippen LogP contribution in [0, 0.1) is 6.92 Å². The summed E-state index contributed by atoms with van der Waals surface area (Å²) in [7, 11) is -3.53. The second kappa shape index (κ2) is 7.09. The number of sulfonamides is 1. The Morgan fingerprint density at radius 3 is 2.63 bits per heavy atom. The number of rotatable bonds is 4. The molecule has 1 fully saturated rings. The third-order valence-electron chi connectivity index (χ3n) is 5.59. The van der Waals surface area contributed by atoms with Crippen molar-refractivity contribution in [1.82, 2.24) is 9.62 Å². The summed E-state index contributed by atoms with van der Waals surface area (Å²) in [6.45, 7) is 2.94. The highest BCUT2D eigenvalue weighted by Gasteiger charge is 2.29. The molecule has 1 heterocycles. The van der Waals surface area contributed by atoms with Crippen molar-refractivity contribution in [2.24, 2.45) is 0 Å². The van der Waals surface area contributed by atoms with Crippen LogP contribution in [-0.2, 0) is 16.4 Å². The van der Waals surface area contributed by atoms with Crippen LogP contribution in [0.2, 0.25) is 0 Å². The number of hydrogen-bond acceptors (Lipinski definition) is 3. The Bertz CT molecular complexity index is 979. The van der Waals surface area contributed by atoms with E-state index < -0.39 is 10.0 Å². The van der Waals surface area contributed by atoms with Crippen molar-refractivity contribution >= 4 is 15.9 Å². The first-order valence-corrected chi connectivity index (χ1v) is 10.9. The highest BCUT2D eigenvalue weighted by molar-refractivity contribution is 7.89. The Morgan fingerprint density at radius 2 is 1.85 bits per heavy atom. The first-order valence-electron chi connectivity index (χ1n) is 9.46. The van der Waals surface area contributed by atoms with Gasteiger partial charge in [-0.3, -0.25) is 4.79 Å². The molecule has 1 aliphatic heterocycles. The van der Waals surface area contributed by atoms with Crippen LogP contribution in [0.3, 0.4) is 0 Å². The first-order chi connectivity index (χ1) is 13.0. The molecule has 0 bridgehead atoms. The molecule has 1 amide bonds. The molecule has 2 aromatic carbocycles. The summed E-state index contributed by atoms with van der Waals surface area (Å²) >= 11 is 0. The molecule has 0 spiro atoms. The molecule has 6 heteroatoms. The Balaban J connectivity index is 1.59. The second-order valence-corrected chi connectivity index (χ2v) is 9.29. The van der Waals surface area contributed by atoms with Crippen molar-refractivity contribution in [2.75, 3.05) is 13.1 Å². The Hall–Kier alpha value is -2.18. The smallest absolute Gasteiger partial charge is 0.252 e. The Kier molecular flexibility index (Phi) is 4.78. The van der Waals surface area contributed by atoms with Crippen molar-refractivity contribution in [2.45, 2.75) is 43.5 Å². The maximum Gasteiger partial charge on any atom is 0.252 e. The second-order valence-electron chi connectivity index (χ2n) is 7.35. The fraction of sp³-hybridized carbons (Fsp3) is 0.381. The number of hydrogen-bond donors (Lipinski definition) is 1. The van der Waals surface area contributed by atoms with E-state index in [1.807, 2.05) is 25.1 Å². The maximum absolute atomic E-state index is 12.9.